The molecule has 0 aliphatic rings. The van der Waals surface area contributed by atoms with Crippen LogP contribution < -0.4 is 15.9 Å². The van der Waals surface area contributed by atoms with Gasteiger partial charge in [0.05, 0.1) is 0 Å². The molecule has 0 heterocycles. The van der Waals surface area contributed by atoms with Crippen LogP contribution in [0.15, 0.2) is 127 Å². The van der Waals surface area contributed by atoms with Gasteiger partial charge in [-0.25, -0.2) is 0 Å². The van der Waals surface area contributed by atoms with E-state index in [0.717, 1.165) is 0 Å². The maximum atomic E-state index is 3.99. The zero-order valence-corrected chi connectivity index (χ0v) is 16.2. The molecular formula is C25H25P. The Morgan fingerprint density at radius 1 is 0.692 bits per heavy atom. The minimum absolute atomic E-state index is 1.33. The van der Waals surface area contributed by atoms with E-state index in [1.807, 2.05) is 6.08 Å². The van der Waals surface area contributed by atoms with Crippen molar-refractivity contribution >= 4 is 23.2 Å². The van der Waals surface area contributed by atoms with Gasteiger partial charge in [0, 0.05) is 0 Å². The van der Waals surface area contributed by atoms with Crippen molar-refractivity contribution in [1.82, 2.24) is 0 Å². The summed E-state index contributed by atoms with van der Waals surface area (Å²) in [6, 6.07) is 32.7. The van der Waals surface area contributed by atoms with Crippen molar-refractivity contribution in [3.8, 4) is 0 Å². The van der Waals surface area contributed by atoms with E-state index in [1.54, 1.807) is 0 Å². The average molecular weight is 356 g/mol. The Labute approximate surface area is 157 Å². The fourth-order valence-electron chi connectivity index (χ4n) is 3.68. The van der Waals surface area contributed by atoms with Gasteiger partial charge in [-0.15, -0.1) is 0 Å². The second-order valence-electron chi connectivity index (χ2n) is 6.21. The van der Waals surface area contributed by atoms with Gasteiger partial charge in [0.2, 0.25) is 0 Å². The van der Waals surface area contributed by atoms with E-state index in [0.29, 0.717) is 0 Å². The molecule has 0 fully saturated rings. The van der Waals surface area contributed by atoms with E-state index >= 15 is 0 Å². The first-order valence-corrected chi connectivity index (χ1v) is 11.0. The minimum atomic E-state index is -2.39. The number of hydrogen-bond donors (Lipinski definition) is 0. The molecule has 0 radical (unpaired) electrons. The summed E-state index contributed by atoms with van der Waals surface area (Å²) in [4.78, 5) is 0. The van der Waals surface area contributed by atoms with Crippen molar-refractivity contribution in [2.45, 2.75) is 6.92 Å². The Morgan fingerprint density at radius 3 is 1.38 bits per heavy atom. The molecule has 0 aliphatic heterocycles. The normalized spacial score (nSPS) is 12.9. The number of allylic oxidation sites excluding steroid dienone is 5. The van der Waals surface area contributed by atoms with Crippen LogP contribution in [0.1, 0.15) is 6.92 Å². The van der Waals surface area contributed by atoms with Gasteiger partial charge in [-0.05, 0) is 0 Å². The van der Waals surface area contributed by atoms with E-state index in [4.69, 9.17) is 0 Å². The summed E-state index contributed by atoms with van der Waals surface area (Å²) in [5.41, 5.74) is 0. The van der Waals surface area contributed by atoms with Crippen LogP contribution in [0.4, 0.5) is 0 Å². The van der Waals surface area contributed by atoms with E-state index in [2.05, 4.69) is 123 Å². The fraction of sp³-hybridized carbons (Fsp3) is 0.0400. The molecule has 3 aromatic rings. The first-order valence-electron chi connectivity index (χ1n) is 8.96. The fourth-order valence-corrected chi connectivity index (χ4v) is 8.54. The molecule has 130 valence electrons. The maximum absolute atomic E-state index is 3.99. The molecular weight excluding hydrogens is 331 g/mol. The predicted molar refractivity (Wildman–Crippen MR) is 120 cm³/mol. The molecule has 0 spiro atoms. The number of benzene rings is 3. The van der Waals surface area contributed by atoms with Crippen LogP contribution in [0.3, 0.4) is 0 Å². The van der Waals surface area contributed by atoms with Crippen LogP contribution in [0.2, 0.25) is 0 Å². The quantitative estimate of drug-likeness (QED) is 0.412. The monoisotopic (exact) mass is 356 g/mol. The third-order valence-corrected chi connectivity index (χ3v) is 9.49. The van der Waals surface area contributed by atoms with Gasteiger partial charge in [0.25, 0.3) is 0 Å². The van der Waals surface area contributed by atoms with Gasteiger partial charge in [-0.3, -0.25) is 0 Å². The average Bonchev–Trinajstić information content (AvgIpc) is 2.71. The van der Waals surface area contributed by atoms with Gasteiger partial charge in [-0.2, -0.15) is 0 Å². The molecule has 0 aliphatic carbocycles. The van der Waals surface area contributed by atoms with Crippen molar-refractivity contribution in [3.63, 3.8) is 0 Å². The molecule has 1 heteroatoms. The first kappa shape index (κ1) is 18.1. The van der Waals surface area contributed by atoms with Gasteiger partial charge < -0.3 is 0 Å². The molecule has 26 heavy (non-hydrogen) atoms. The van der Waals surface area contributed by atoms with Crippen LogP contribution in [0.5, 0.6) is 0 Å². The molecule has 3 aromatic carbocycles. The van der Waals surface area contributed by atoms with Crippen LogP contribution in [-0.4, -0.2) is 0 Å². The molecule has 0 atom stereocenters. The Kier molecular flexibility index (Phi) is 6.00. The molecule has 0 saturated heterocycles. The summed E-state index contributed by atoms with van der Waals surface area (Å²) in [5.74, 6) is 0. The zero-order valence-electron chi connectivity index (χ0n) is 15.2. The summed E-state index contributed by atoms with van der Waals surface area (Å²) >= 11 is 0. The second-order valence-corrected chi connectivity index (χ2v) is 10.0. The molecule has 3 rings (SSSR count). The summed E-state index contributed by atoms with van der Waals surface area (Å²) in [7, 11) is -2.39. The first-order chi connectivity index (χ1) is 12.8. The molecule has 0 aromatic heterocycles. The SMILES string of the molecule is C=C/C=C(\C=C\C)[PH](c1ccccc1)(c1ccccc1)c1ccccc1. The number of rotatable bonds is 6. The van der Waals surface area contributed by atoms with Crippen molar-refractivity contribution < 1.29 is 0 Å². The summed E-state index contributed by atoms with van der Waals surface area (Å²) in [5, 5.41) is 5.47. The third-order valence-electron chi connectivity index (χ3n) is 4.70. The van der Waals surface area contributed by atoms with Crippen LogP contribution in [0.25, 0.3) is 0 Å². The molecule has 0 saturated carbocycles. The molecule has 0 N–H and O–H groups in total. The standard InChI is InChI=1S/C25H25P/c1-3-14-22(15-4-2)26(23-16-8-5-9-17-23,24-18-10-6-11-19-24)25-20-12-7-13-21-25/h3-21,26H,1H2,2H3/b15-4+,22-14+. The second kappa shape index (κ2) is 8.61. The van der Waals surface area contributed by atoms with E-state index in [9.17, 15) is 0 Å². The Bertz CT molecular complexity index is 794. The number of hydrogen-bond acceptors (Lipinski definition) is 0. The van der Waals surface area contributed by atoms with Crippen LogP contribution in [0, 0.1) is 0 Å². The zero-order chi connectivity index (χ0) is 18.2. The van der Waals surface area contributed by atoms with Gasteiger partial charge in [0.1, 0.15) is 0 Å². The molecule has 0 unspecified atom stereocenters. The Morgan fingerprint density at radius 2 is 1.08 bits per heavy atom. The third kappa shape index (κ3) is 3.34. The topological polar surface area (TPSA) is 0 Å². The van der Waals surface area contributed by atoms with Gasteiger partial charge >= 0.3 is 157 Å². The Balaban J connectivity index is 2.47. The molecule has 0 bridgehead atoms. The van der Waals surface area contributed by atoms with E-state index in [-0.39, 0.29) is 0 Å². The summed E-state index contributed by atoms with van der Waals surface area (Å²) in [6.07, 6.45) is 8.47. The van der Waals surface area contributed by atoms with Crippen LogP contribution in [-0.2, 0) is 0 Å². The summed E-state index contributed by atoms with van der Waals surface area (Å²) in [6.45, 7) is 6.07. The van der Waals surface area contributed by atoms with Crippen molar-refractivity contribution in [2.24, 2.45) is 0 Å². The van der Waals surface area contributed by atoms with Crippen molar-refractivity contribution in [2.75, 3.05) is 0 Å². The van der Waals surface area contributed by atoms with Crippen molar-refractivity contribution in [1.29, 1.82) is 0 Å². The van der Waals surface area contributed by atoms with Crippen molar-refractivity contribution in [3.05, 3.63) is 127 Å². The Hall–Kier alpha value is -2.69. The van der Waals surface area contributed by atoms with E-state index < -0.39 is 7.26 Å². The molecule has 0 amide bonds. The van der Waals surface area contributed by atoms with Gasteiger partial charge in [-0.1, -0.05) is 0 Å². The summed E-state index contributed by atoms with van der Waals surface area (Å²) < 4.78 is 0. The van der Waals surface area contributed by atoms with Gasteiger partial charge in [0.15, 0.2) is 0 Å². The molecule has 0 nitrogen and oxygen atoms in total. The predicted octanol–water partition coefficient (Wildman–Crippen LogP) is 5.36. The van der Waals surface area contributed by atoms with Crippen LogP contribution >= 0.6 is 7.26 Å². The van der Waals surface area contributed by atoms with E-state index in [1.165, 1.54) is 21.2 Å².